The van der Waals surface area contributed by atoms with E-state index in [1.54, 1.807) is 12.1 Å². The van der Waals surface area contributed by atoms with Crippen molar-refractivity contribution in [1.82, 2.24) is 0 Å². The largest absolute Gasteiger partial charge is 0.494 e. The topological polar surface area (TPSA) is 50.1 Å². The third-order valence-electron chi connectivity index (χ3n) is 1.80. The molecule has 0 unspecified atom stereocenters. The van der Waals surface area contributed by atoms with Crippen LogP contribution < -0.4 is 4.74 Å². The number of carbonyl (C=O) groups excluding carboxylic acids is 1. The number of hydrogen-bond donors (Lipinski definition) is 0. The van der Waals surface area contributed by atoms with Gasteiger partial charge in [-0.2, -0.15) is 5.26 Å². The second-order valence-electron chi connectivity index (χ2n) is 2.60. The number of benzene rings is 1. The molecule has 0 bridgehead atoms. The number of ether oxygens (including phenoxy) is 1. The predicted octanol–water partition coefficient (Wildman–Crippen LogP) is 1.96. The van der Waals surface area contributed by atoms with Crippen molar-refractivity contribution in [3.63, 3.8) is 0 Å². The molecule has 0 aliphatic carbocycles. The molecule has 0 radical (unpaired) electrons. The van der Waals surface area contributed by atoms with E-state index in [2.05, 4.69) is 0 Å². The van der Waals surface area contributed by atoms with Crippen molar-refractivity contribution in [1.29, 1.82) is 5.26 Å². The van der Waals surface area contributed by atoms with Gasteiger partial charge in [0.2, 0.25) is 0 Å². The Morgan fingerprint density at radius 3 is 2.86 bits per heavy atom. The van der Waals surface area contributed by atoms with Crippen molar-refractivity contribution in [2.24, 2.45) is 0 Å². The molecule has 0 heterocycles. The molecule has 14 heavy (non-hydrogen) atoms. The van der Waals surface area contributed by atoms with Gasteiger partial charge in [-0.1, -0.05) is 17.7 Å². The van der Waals surface area contributed by atoms with Crippen LogP contribution in [0.15, 0.2) is 12.1 Å². The van der Waals surface area contributed by atoms with Crippen LogP contribution in [0.4, 0.5) is 0 Å². The van der Waals surface area contributed by atoms with Gasteiger partial charge in [0.1, 0.15) is 12.4 Å². The third-order valence-corrected chi connectivity index (χ3v) is 2.22. The van der Waals surface area contributed by atoms with E-state index < -0.39 is 0 Å². The summed E-state index contributed by atoms with van der Waals surface area (Å²) in [6, 6.07) is 5.20. The molecule has 1 aromatic rings. The van der Waals surface area contributed by atoms with E-state index in [0.717, 1.165) is 6.29 Å². The van der Waals surface area contributed by atoms with Crippen LogP contribution in [0, 0.1) is 11.3 Å². The Hall–Kier alpha value is -1.53. The van der Waals surface area contributed by atoms with Crippen LogP contribution in [-0.2, 0) is 11.2 Å². The zero-order valence-corrected chi connectivity index (χ0v) is 8.34. The first kappa shape index (κ1) is 10.6. The highest BCUT2D eigenvalue weighted by molar-refractivity contribution is 6.33. The Kier molecular flexibility index (Phi) is 3.49. The van der Waals surface area contributed by atoms with Gasteiger partial charge in [0, 0.05) is 6.42 Å². The third kappa shape index (κ3) is 1.86. The summed E-state index contributed by atoms with van der Waals surface area (Å²) in [6.07, 6.45) is 0.980. The average Bonchev–Trinajstić information content (AvgIpc) is 2.21. The van der Waals surface area contributed by atoms with Crippen molar-refractivity contribution in [2.75, 3.05) is 7.11 Å². The monoisotopic (exact) mass is 209 g/mol. The molecular weight excluding hydrogens is 202 g/mol. The van der Waals surface area contributed by atoms with Crippen LogP contribution >= 0.6 is 11.6 Å². The fourth-order valence-electron chi connectivity index (χ4n) is 1.13. The SMILES string of the molecule is COc1c(C#N)ccc(CC=O)c1Cl. The molecule has 0 amide bonds. The van der Waals surface area contributed by atoms with Crippen LogP contribution in [0.2, 0.25) is 5.02 Å². The average molecular weight is 210 g/mol. The Balaban J connectivity index is 3.28. The second kappa shape index (κ2) is 4.64. The van der Waals surface area contributed by atoms with Crippen LogP contribution in [0.5, 0.6) is 5.75 Å². The Morgan fingerprint density at radius 2 is 2.36 bits per heavy atom. The quantitative estimate of drug-likeness (QED) is 0.715. The summed E-state index contributed by atoms with van der Waals surface area (Å²) >= 11 is 5.94. The highest BCUT2D eigenvalue weighted by Crippen LogP contribution is 2.31. The Bertz CT molecular complexity index is 396. The second-order valence-corrected chi connectivity index (χ2v) is 2.98. The van der Waals surface area contributed by atoms with Crippen LogP contribution in [-0.4, -0.2) is 13.4 Å². The summed E-state index contributed by atoms with van der Waals surface area (Å²) in [4.78, 5) is 10.3. The van der Waals surface area contributed by atoms with Crippen molar-refractivity contribution >= 4 is 17.9 Å². The van der Waals surface area contributed by atoms with Gasteiger partial charge in [-0.15, -0.1) is 0 Å². The van der Waals surface area contributed by atoms with Gasteiger partial charge in [0.15, 0.2) is 5.75 Å². The molecule has 1 aromatic carbocycles. The zero-order chi connectivity index (χ0) is 10.6. The van der Waals surface area contributed by atoms with E-state index >= 15 is 0 Å². The van der Waals surface area contributed by atoms with E-state index in [9.17, 15) is 4.79 Å². The molecule has 72 valence electrons. The Morgan fingerprint density at radius 1 is 1.64 bits per heavy atom. The lowest BCUT2D eigenvalue weighted by molar-refractivity contribution is -0.107. The van der Waals surface area contributed by atoms with Gasteiger partial charge in [0.25, 0.3) is 0 Å². The molecule has 0 N–H and O–H groups in total. The predicted molar refractivity (Wildman–Crippen MR) is 52.5 cm³/mol. The van der Waals surface area contributed by atoms with E-state index in [-0.39, 0.29) is 6.42 Å². The number of methoxy groups -OCH3 is 1. The molecule has 4 heteroatoms. The minimum absolute atomic E-state index is 0.223. The molecule has 0 atom stereocenters. The van der Waals surface area contributed by atoms with E-state index in [1.807, 2.05) is 6.07 Å². The summed E-state index contributed by atoms with van der Waals surface area (Å²) in [6.45, 7) is 0. The summed E-state index contributed by atoms with van der Waals surface area (Å²) in [5.41, 5.74) is 1.03. The number of nitrogens with zero attached hydrogens (tertiary/aromatic N) is 1. The van der Waals surface area contributed by atoms with Gasteiger partial charge >= 0.3 is 0 Å². The fraction of sp³-hybridized carbons (Fsp3) is 0.200. The maximum absolute atomic E-state index is 10.3. The Labute approximate surface area is 86.9 Å². The first-order valence-electron chi connectivity index (χ1n) is 3.93. The van der Waals surface area contributed by atoms with Gasteiger partial charge in [-0.05, 0) is 11.6 Å². The maximum atomic E-state index is 10.3. The summed E-state index contributed by atoms with van der Waals surface area (Å²) in [5.74, 6) is 0.327. The molecular formula is C10H8ClNO2. The smallest absolute Gasteiger partial charge is 0.155 e. The van der Waals surface area contributed by atoms with Gasteiger partial charge in [-0.25, -0.2) is 0 Å². The fourth-order valence-corrected chi connectivity index (χ4v) is 1.45. The number of halogens is 1. The van der Waals surface area contributed by atoms with Crippen molar-refractivity contribution < 1.29 is 9.53 Å². The zero-order valence-electron chi connectivity index (χ0n) is 7.58. The number of carbonyl (C=O) groups is 1. The number of aldehydes is 1. The molecule has 0 aromatic heterocycles. The van der Waals surface area contributed by atoms with Crippen molar-refractivity contribution in [3.05, 3.63) is 28.3 Å². The highest BCUT2D eigenvalue weighted by Gasteiger charge is 2.11. The van der Waals surface area contributed by atoms with E-state index in [0.29, 0.717) is 21.9 Å². The molecule has 0 aliphatic rings. The van der Waals surface area contributed by atoms with Crippen molar-refractivity contribution in [3.8, 4) is 11.8 Å². The minimum atomic E-state index is 0.223. The summed E-state index contributed by atoms with van der Waals surface area (Å²) in [5, 5.41) is 9.07. The van der Waals surface area contributed by atoms with Crippen LogP contribution in [0.3, 0.4) is 0 Å². The summed E-state index contributed by atoms with van der Waals surface area (Å²) in [7, 11) is 1.44. The molecule has 0 saturated heterocycles. The molecule has 0 aliphatic heterocycles. The molecule has 0 fully saturated rings. The standard InChI is InChI=1S/C10H8ClNO2/c1-14-10-8(6-12)3-2-7(4-5-13)9(10)11/h2-3,5H,4H2,1H3. The minimum Gasteiger partial charge on any atom is -0.494 e. The maximum Gasteiger partial charge on any atom is 0.155 e. The molecule has 0 saturated carbocycles. The first-order chi connectivity index (χ1) is 6.74. The first-order valence-corrected chi connectivity index (χ1v) is 4.31. The van der Waals surface area contributed by atoms with Gasteiger partial charge in [-0.3, -0.25) is 0 Å². The molecule has 3 nitrogen and oxygen atoms in total. The normalized spacial score (nSPS) is 9.21. The van der Waals surface area contributed by atoms with Crippen LogP contribution in [0.25, 0.3) is 0 Å². The number of rotatable bonds is 3. The van der Waals surface area contributed by atoms with E-state index in [1.165, 1.54) is 7.11 Å². The lowest BCUT2D eigenvalue weighted by Gasteiger charge is -2.07. The van der Waals surface area contributed by atoms with E-state index in [4.69, 9.17) is 21.6 Å². The van der Waals surface area contributed by atoms with Gasteiger partial charge < -0.3 is 9.53 Å². The summed E-state index contributed by atoms with van der Waals surface area (Å²) < 4.78 is 4.98. The van der Waals surface area contributed by atoms with Crippen molar-refractivity contribution in [2.45, 2.75) is 6.42 Å². The molecule has 0 spiro atoms. The lowest BCUT2D eigenvalue weighted by Crippen LogP contribution is -1.94. The molecule has 1 rings (SSSR count). The van der Waals surface area contributed by atoms with Gasteiger partial charge in [0.05, 0.1) is 17.7 Å². The lowest BCUT2D eigenvalue weighted by atomic mass is 10.1. The highest BCUT2D eigenvalue weighted by atomic mass is 35.5. The van der Waals surface area contributed by atoms with Crippen LogP contribution in [0.1, 0.15) is 11.1 Å². The number of hydrogen-bond acceptors (Lipinski definition) is 3. The number of nitriles is 1.